The highest BCUT2D eigenvalue weighted by Crippen LogP contribution is 2.29. The molecule has 2 nitrogen and oxygen atoms in total. The van der Waals surface area contributed by atoms with Crippen molar-refractivity contribution < 1.29 is 14.2 Å². The van der Waals surface area contributed by atoms with Gasteiger partial charge < -0.3 is 9.84 Å². The van der Waals surface area contributed by atoms with E-state index in [0.717, 1.165) is 5.56 Å². The summed E-state index contributed by atoms with van der Waals surface area (Å²) in [5, 5.41) is 10.3. The number of hydrogen-bond acceptors (Lipinski definition) is 2. The van der Waals surface area contributed by atoms with Crippen molar-refractivity contribution in [2.75, 3.05) is 0 Å². The van der Waals surface area contributed by atoms with E-state index in [0.29, 0.717) is 16.3 Å². The molecule has 0 saturated carbocycles. The molecule has 0 heterocycles. The average Bonchev–Trinajstić information content (AvgIpc) is 2.41. The summed E-state index contributed by atoms with van der Waals surface area (Å²) in [5.41, 5.74) is 1.34. The standard InChI is InChI=1S/C15H13Cl2FO2/c1-9(19)12-7-11(16)3-5-15(12)20-8-10-2-4-14(18)13(17)6-10/h2-7,9,19H,8H2,1H3. The van der Waals surface area contributed by atoms with Crippen molar-refractivity contribution in [3.8, 4) is 5.75 Å². The van der Waals surface area contributed by atoms with Crippen LogP contribution in [-0.4, -0.2) is 5.11 Å². The Bertz CT molecular complexity index is 615. The van der Waals surface area contributed by atoms with E-state index in [9.17, 15) is 9.50 Å². The third kappa shape index (κ3) is 3.63. The van der Waals surface area contributed by atoms with E-state index < -0.39 is 11.9 Å². The van der Waals surface area contributed by atoms with Crippen molar-refractivity contribution >= 4 is 23.2 Å². The fourth-order valence-electron chi connectivity index (χ4n) is 1.77. The molecular formula is C15H13Cl2FO2. The molecule has 0 fully saturated rings. The maximum atomic E-state index is 13.1. The first-order valence-corrected chi connectivity index (χ1v) is 6.77. The largest absolute Gasteiger partial charge is 0.489 e. The van der Waals surface area contributed by atoms with E-state index >= 15 is 0 Å². The number of halogens is 3. The summed E-state index contributed by atoms with van der Waals surface area (Å²) >= 11 is 11.6. The van der Waals surface area contributed by atoms with Crippen molar-refractivity contribution in [2.24, 2.45) is 0 Å². The second kappa shape index (κ2) is 6.44. The lowest BCUT2D eigenvalue weighted by atomic mass is 10.1. The first-order chi connectivity index (χ1) is 9.47. The van der Waals surface area contributed by atoms with Crippen molar-refractivity contribution in [1.82, 2.24) is 0 Å². The summed E-state index contributed by atoms with van der Waals surface area (Å²) in [4.78, 5) is 0. The highest BCUT2D eigenvalue weighted by atomic mass is 35.5. The van der Waals surface area contributed by atoms with Crippen LogP contribution in [-0.2, 0) is 6.61 Å². The third-order valence-corrected chi connectivity index (χ3v) is 3.33. The molecule has 0 radical (unpaired) electrons. The highest BCUT2D eigenvalue weighted by molar-refractivity contribution is 6.31. The average molecular weight is 315 g/mol. The number of aliphatic hydroxyl groups excluding tert-OH is 1. The Hall–Kier alpha value is -1.29. The topological polar surface area (TPSA) is 29.5 Å². The predicted molar refractivity (Wildman–Crippen MR) is 77.8 cm³/mol. The molecule has 0 saturated heterocycles. The molecule has 0 aliphatic rings. The number of rotatable bonds is 4. The molecular weight excluding hydrogens is 302 g/mol. The van der Waals surface area contributed by atoms with Gasteiger partial charge in [-0.2, -0.15) is 0 Å². The van der Waals surface area contributed by atoms with Gasteiger partial charge in [0.05, 0.1) is 11.1 Å². The van der Waals surface area contributed by atoms with Gasteiger partial charge in [-0.1, -0.05) is 29.3 Å². The van der Waals surface area contributed by atoms with Crippen molar-refractivity contribution in [3.05, 3.63) is 63.4 Å². The number of hydrogen-bond donors (Lipinski definition) is 1. The zero-order valence-electron chi connectivity index (χ0n) is 10.7. The Morgan fingerprint density at radius 3 is 2.60 bits per heavy atom. The molecule has 106 valence electrons. The quantitative estimate of drug-likeness (QED) is 0.881. The molecule has 1 atom stereocenters. The minimum Gasteiger partial charge on any atom is -0.489 e. The van der Waals surface area contributed by atoms with Crippen LogP contribution in [0.4, 0.5) is 4.39 Å². The first-order valence-electron chi connectivity index (χ1n) is 6.01. The summed E-state index contributed by atoms with van der Waals surface area (Å²) in [6.07, 6.45) is -0.694. The SMILES string of the molecule is CC(O)c1cc(Cl)ccc1OCc1ccc(F)c(Cl)c1. The summed E-state index contributed by atoms with van der Waals surface area (Å²) in [6, 6.07) is 9.42. The van der Waals surface area contributed by atoms with Crippen molar-refractivity contribution in [2.45, 2.75) is 19.6 Å². The second-order valence-electron chi connectivity index (χ2n) is 4.40. The van der Waals surface area contributed by atoms with E-state index in [1.54, 1.807) is 31.2 Å². The molecule has 1 unspecified atom stereocenters. The molecule has 0 aromatic heterocycles. The van der Waals surface area contributed by atoms with E-state index in [1.165, 1.54) is 12.1 Å². The van der Waals surface area contributed by atoms with Gasteiger partial charge in [0, 0.05) is 10.6 Å². The van der Waals surface area contributed by atoms with E-state index in [-0.39, 0.29) is 11.6 Å². The van der Waals surface area contributed by atoms with Crippen LogP contribution >= 0.6 is 23.2 Å². The van der Waals surface area contributed by atoms with Crippen LogP contribution in [0.2, 0.25) is 10.0 Å². The molecule has 2 rings (SSSR count). The molecule has 20 heavy (non-hydrogen) atoms. The van der Waals surface area contributed by atoms with Crippen molar-refractivity contribution in [3.63, 3.8) is 0 Å². The summed E-state index contributed by atoms with van der Waals surface area (Å²) < 4.78 is 18.7. The second-order valence-corrected chi connectivity index (χ2v) is 5.24. The lowest BCUT2D eigenvalue weighted by Crippen LogP contribution is -2.01. The molecule has 0 bridgehead atoms. The van der Waals surface area contributed by atoms with Gasteiger partial charge in [0.2, 0.25) is 0 Å². The van der Waals surface area contributed by atoms with E-state index in [4.69, 9.17) is 27.9 Å². The molecule has 2 aromatic rings. The van der Waals surface area contributed by atoms with Gasteiger partial charge >= 0.3 is 0 Å². The maximum Gasteiger partial charge on any atom is 0.141 e. The smallest absolute Gasteiger partial charge is 0.141 e. The zero-order valence-corrected chi connectivity index (χ0v) is 12.2. The Balaban J connectivity index is 2.16. The van der Waals surface area contributed by atoms with E-state index in [1.807, 2.05) is 0 Å². The first kappa shape index (κ1) is 15.1. The summed E-state index contributed by atoms with van der Waals surface area (Å²) in [7, 11) is 0. The van der Waals surface area contributed by atoms with E-state index in [2.05, 4.69) is 0 Å². The van der Waals surface area contributed by atoms with Crippen LogP contribution in [0.1, 0.15) is 24.2 Å². The molecule has 0 amide bonds. The number of ether oxygens (including phenoxy) is 1. The zero-order chi connectivity index (χ0) is 14.7. The fourth-order valence-corrected chi connectivity index (χ4v) is 2.15. The summed E-state index contributed by atoms with van der Waals surface area (Å²) in [6.45, 7) is 1.86. The van der Waals surface area contributed by atoms with Crippen LogP contribution in [0.15, 0.2) is 36.4 Å². The van der Waals surface area contributed by atoms with Gasteiger partial charge in [0.25, 0.3) is 0 Å². The Morgan fingerprint density at radius 1 is 1.20 bits per heavy atom. The molecule has 2 aromatic carbocycles. The van der Waals surface area contributed by atoms with Gasteiger partial charge in [-0.05, 0) is 42.8 Å². The van der Waals surface area contributed by atoms with Crippen LogP contribution in [0.25, 0.3) is 0 Å². The van der Waals surface area contributed by atoms with Gasteiger partial charge in [-0.25, -0.2) is 4.39 Å². The Morgan fingerprint density at radius 2 is 1.95 bits per heavy atom. The van der Waals surface area contributed by atoms with Crippen LogP contribution in [0.5, 0.6) is 5.75 Å². The van der Waals surface area contributed by atoms with Crippen LogP contribution in [0, 0.1) is 5.82 Å². The highest BCUT2D eigenvalue weighted by Gasteiger charge is 2.10. The van der Waals surface area contributed by atoms with Crippen molar-refractivity contribution in [1.29, 1.82) is 0 Å². The van der Waals surface area contributed by atoms with Crippen LogP contribution < -0.4 is 4.74 Å². The minimum absolute atomic E-state index is 0.0537. The third-order valence-electron chi connectivity index (χ3n) is 2.80. The van der Waals surface area contributed by atoms with Gasteiger partial charge in [0.1, 0.15) is 18.2 Å². The van der Waals surface area contributed by atoms with Crippen LogP contribution in [0.3, 0.4) is 0 Å². The molecule has 1 N–H and O–H groups in total. The Labute approximate surface area is 126 Å². The minimum atomic E-state index is -0.694. The normalized spacial score (nSPS) is 12.2. The summed E-state index contributed by atoms with van der Waals surface area (Å²) in [5.74, 6) is 0.0661. The van der Waals surface area contributed by atoms with Gasteiger partial charge in [-0.15, -0.1) is 0 Å². The van der Waals surface area contributed by atoms with Gasteiger partial charge in [0.15, 0.2) is 0 Å². The maximum absolute atomic E-state index is 13.1. The molecule has 0 spiro atoms. The van der Waals surface area contributed by atoms with Gasteiger partial charge in [-0.3, -0.25) is 0 Å². The predicted octanol–water partition coefficient (Wildman–Crippen LogP) is 4.76. The lowest BCUT2D eigenvalue weighted by Gasteiger charge is -2.14. The monoisotopic (exact) mass is 314 g/mol. The molecule has 5 heteroatoms. The number of benzene rings is 2. The fraction of sp³-hybridized carbons (Fsp3) is 0.200. The number of aliphatic hydroxyl groups is 1. The lowest BCUT2D eigenvalue weighted by molar-refractivity contribution is 0.190. The molecule has 0 aliphatic carbocycles. The Kier molecular flexibility index (Phi) is 4.86. The molecule has 0 aliphatic heterocycles.